The Morgan fingerprint density at radius 2 is 2.00 bits per heavy atom. The average molecular weight is 274 g/mol. The van der Waals surface area contributed by atoms with Gasteiger partial charge in [-0.2, -0.15) is 4.39 Å². The van der Waals surface area contributed by atoms with Crippen molar-refractivity contribution < 1.29 is 41.3 Å². The number of carboxylic acid groups (broad SMARTS) is 1. The van der Waals surface area contributed by atoms with Crippen molar-refractivity contribution in [1.82, 2.24) is 0 Å². The average Bonchev–Trinajstić information content (AvgIpc) is 2.29. The van der Waals surface area contributed by atoms with Crippen LogP contribution in [0.1, 0.15) is 0 Å². The molecule has 0 radical (unpaired) electrons. The molecule has 9 heteroatoms. The standard InChI is InChI=1S/C9H7F5O4/c10-2-17-7-6(13)5(12)1-4(8(15)16)9(7,14)18-3-11/h1,4H,2-3H2,(H,15,16). The number of hydrogen-bond donors (Lipinski definition) is 1. The zero-order valence-corrected chi connectivity index (χ0v) is 8.63. The van der Waals surface area contributed by atoms with E-state index in [9.17, 15) is 26.7 Å². The van der Waals surface area contributed by atoms with E-state index in [4.69, 9.17) is 5.11 Å². The van der Waals surface area contributed by atoms with Crippen molar-refractivity contribution in [1.29, 1.82) is 0 Å². The van der Waals surface area contributed by atoms with E-state index in [2.05, 4.69) is 9.47 Å². The number of ether oxygens (including phenoxy) is 2. The number of carbonyl (C=O) groups is 1. The van der Waals surface area contributed by atoms with Gasteiger partial charge in [-0.15, -0.1) is 0 Å². The number of aliphatic carboxylic acids is 1. The van der Waals surface area contributed by atoms with Gasteiger partial charge in [0, 0.05) is 0 Å². The highest BCUT2D eigenvalue weighted by atomic mass is 19.2. The molecule has 1 aliphatic carbocycles. The van der Waals surface area contributed by atoms with E-state index in [1.807, 2.05) is 0 Å². The monoisotopic (exact) mass is 274 g/mol. The minimum Gasteiger partial charge on any atom is -0.481 e. The summed E-state index contributed by atoms with van der Waals surface area (Å²) in [5.74, 6) is -13.5. The molecule has 0 aromatic carbocycles. The maximum atomic E-state index is 14.1. The molecular formula is C9H7F5O4. The van der Waals surface area contributed by atoms with Gasteiger partial charge in [-0.05, 0) is 6.08 Å². The van der Waals surface area contributed by atoms with Crippen LogP contribution >= 0.6 is 0 Å². The first-order chi connectivity index (χ1) is 8.38. The first-order valence-corrected chi connectivity index (χ1v) is 4.46. The molecule has 2 unspecified atom stereocenters. The summed E-state index contributed by atoms with van der Waals surface area (Å²) in [6.07, 6.45) is 0.0401. The molecule has 102 valence electrons. The Kier molecular flexibility index (Phi) is 4.28. The van der Waals surface area contributed by atoms with E-state index in [0.29, 0.717) is 0 Å². The Balaban J connectivity index is 3.32. The van der Waals surface area contributed by atoms with Crippen molar-refractivity contribution in [3.63, 3.8) is 0 Å². The molecule has 0 aromatic rings. The third-order valence-electron chi connectivity index (χ3n) is 2.16. The van der Waals surface area contributed by atoms with Crippen LogP contribution in [0.2, 0.25) is 0 Å². The molecular weight excluding hydrogens is 267 g/mol. The fourth-order valence-corrected chi connectivity index (χ4v) is 1.41. The number of carboxylic acids is 1. The first-order valence-electron chi connectivity index (χ1n) is 4.46. The molecule has 0 saturated heterocycles. The van der Waals surface area contributed by atoms with Crippen molar-refractivity contribution in [2.75, 3.05) is 13.7 Å². The van der Waals surface area contributed by atoms with E-state index in [0.717, 1.165) is 0 Å². The lowest BCUT2D eigenvalue weighted by Gasteiger charge is -2.32. The summed E-state index contributed by atoms with van der Waals surface area (Å²) in [5, 5.41) is 8.64. The summed E-state index contributed by atoms with van der Waals surface area (Å²) in [4.78, 5) is 10.7. The zero-order chi connectivity index (χ0) is 13.9. The van der Waals surface area contributed by atoms with E-state index in [-0.39, 0.29) is 6.08 Å². The topological polar surface area (TPSA) is 55.8 Å². The van der Waals surface area contributed by atoms with E-state index in [1.54, 1.807) is 0 Å². The van der Waals surface area contributed by atoms with Crippen LogP contribution in [0.5, 0.6) is 0 Å². The molecule has 1 rings (SSSR count). The van der Waals surface area contributed by atoms with Crippen LogP contribution in [0.3, 0.4) is 0 Å². The van der Waals surface area contributed by atoms with Gasteiger partial charge in [0.15, 0.2) is 12.7 Å². The second-order valence-electron chi connectivity index (χ2n) is 3.13. The summed E-state index contributed by atoms with van der Waals surface area (Å²) >= 11 is 0. The van der Waals surface area contributed by atoms with Gasteiger partial charge in [-0.1, -0.05) is 0 Å². The normalized spacial score (nSPS) is 28.1. The summed E-state index contributed by atoms with van der Waals surface area (Å²) < 4.78 is 72.0. The highest BCUT2D eigenvalue weighted by Gasteiger charge is 2.54. The fraction of sp³-hybridized carbons (Fsp3) is 0.444. The summed E-state index contributed by atoms with van der Waals surface area (Å²) in [6, 6.07) is 0. The predicted octanol–water partition coefficient (Wildman–Crippen LogP) is 2.29. The number of alkyl halides is 3. The summed E-state index contributed by atoms with van der Waals surface area (Å²) in [7, 11) is 0. The van der Waals surface area contributed by atoms with Crippen LogP contribution in [0.15, 0.2) is 23.5 Å². The van der Waals surface area contributed by atoms with E-state index < -0.39 is 48.9 Å². The molecule has 0 fully saturated rings. The molecule has 0 bridgehead atoms. The Morgan fingerprint density at radius 3 is 2.44 bits per heavy atom. The van der Waals surface area contributed by atoms with E-state index in [1.165, 1.54) is 0 Å². The van der Waals surface area contributed by atoms with Crippen LogP contribution in [-0.2, 0) is 14.3 Å². The second-order valence-corrected chi connectivity index (χ2v) is 3.13. The minimum atomic E-state index is -3.66. The van der Waals surface area contributed by atoms with Crippen molar-refractivity contribution >= 4 is 5.97 Å². The SMILES string of the molecule is O=C(O)C1C=C(F)C(F)=C(OCF)C1(F)OCF. The Bertz CT molecular complexity index is 408. The van der Waals surface area contributed by atoms with Crippen LogP contribution in [0.4, 0.5) is 22.0 Å². The van der Waals surface area contributed by atoms with Crippen LogP contribution in [-0.4, -0.2) is 30.7 Å². The maximum absolute atomic E-state index is 14.1. The van der Waals surface area contributed by atoms with Crippen molar-refractivity contribution in [2.45, 2.75) is 5.85 Å². The van der Waals surface area contributed by atoms with Gasteiger partial charge >= 0.3 is 5.97 Å². The molecule has 0 spiro atoms. The summed E-state index contributed by atoms with van der Waals surface area (Å²) in [5.41, 5.74) is 0. The molecule has 0 saturated carbocycles. The molecule has 0 aromatic heterocycles. The highest BCUT2D eigenvalue weighted by Crippen LogP contribution is 2.43. The Morgan fingerprint density at radius 1 is 1.39 bits per heavy atom. The van der Waals surface area contributed by atoms with Gasteiger partial charge in [-0.25, -0.2) is 17.6 Å². The van der Waals surface area contributed by atoms with Gasteiger partial charge in [0.05, 0.1) is 0 Å². The fourth-order valence-electron chi connectivity index (χ4n) is 1.41. The van der Waals surface area contributed by atoms with Gasteiger partial charge in [-0.3, -0.25) is 4.79 Å². The third-order valence-corrected chi connectivity index (χ3v) is 2.16. The molecule has 1 N–H and O–H groups in total. The van der Waals surface area contributed by atoms with Crippen molar-refractivity contribution in [2.24, 2.45) is 5.92 Å². The smallest absolute Gasteiger partial charge is 0.316 e. The first kappa shape index (κ1) is 14.4. The number of rotatable bonds is 5. The number of allylic oxidation sites excluding steroid dienone is 2. The molecule has 18 heavy (non-hydrogen) atoms. The lowest BCUT2D eigenvalue weighted by atomic mass is 9.92. The second kappa shape index (κ2) is 5.34. The van der Waals surface area contributed by atoms with E-state index >= 15 is 0 Å². The zero-order valence-electron chi connectivity index (χ0n) is 8.63. The molecule has 1 aliphatic rings. The van der Waals surface area contributed by atoms with Crippen LogP contribution in [0.25, 0.3) is 0 Å². The molecule has 0 heterocycles. The largest absolute Gasteiger partial charge is 0.481 e. The highest BCUT2D eigenvalue weighted by molar-refractivity contribution is 5.75. The quantitative estimate of drug-likeness (QED) is 0.781. The predicted molar refractivity (Wildman–Crippen MR) is 46.4 cm³/mol. The molecule has 2 atom stereocenters. The molecule has 0 amide bonds. The Labute approximate surface area is 97.3 Å². The molecule has 4 nitrogen and oxygen atoms in total. The van der Waals surface area contributed by atoms with Crippen molar-refractivity contribution in [3.05, 3.63) is 23.5 Å². The Hall–Kier alpha value is -1.64. The van der Waals surface area contributed by atoms with Gasteiger partial charge in [0.1, 0.15) is 5.92 Å². The lowest BCUT2D eigenvalue weighted by molar-refractivity contribution is -0.207. The lowest BCUT2D eigenvalue weighted by Crippen LogP contribution is -2.45. The van der Waals surface area contributed by atoms with Gasteiger partial charge in [0.25, 0.3) is 5.85 Å². The molecule has 0 aliphatic heterocycles. The van der Waals surface area contributed by atoms with Crippen LogP contribution in [0, 0.1) is 5.92 Å². The minimum absolute atomic E-state index is 0.0401. The number of hydrogen-bond acceptors (Lipinski definition) is 3. The third kappa shape index (κ3) is 2.30. The van der Waals surface area contributed by atoms with Crippen molar-refractivity contribution in [3.8, 4) is 0 Å². The van der Waals surface area contributed by atoms with Gasteiger partial charge in [0.2, 0.25) is 18.4 Å². The van der Waals surface area contributed by atoms with Crippen LogP contribution < -0.4 is 0 Å². The maximum Gasteiger partial charge on any atom is 0.316 e. The summed E-state index contributed by atoms with van der Waals surface area (Å²) in [6.45, 7) is -3.62. The van der Waals surface area contributed by atoms with Gasteiger partial charge < -0.3 is 14.6 Å². The number of halogens is 5.